The van der Waals surface area contributed by atoms with Gasteiger partial charge in [0.1, 0.15) is 0 Å². The van der Waals surface area contributed by atoms with Gasteiger partial charge in [0.05, 0.1) is 6.42 Å². The minimum Gasteiger partial charge on any atom is -0.269 e. The van der Waals surface area contributed by atoms with Crippen LogP contribution in [0.5, 0.6) is 0 Å². The second-order valence-electron chi connectivity index (χ2n) is 4.86. The third-order valence-electron chi connectivity index (χ3n) is 3.74. The normalized spacial score (nSPS) is 10.8. The van der Waals surface area contributed by atoms with Gasteiger partial charge in [0, 0.05) is 5.18 Å². The number of aryl methyl sites for hydroxylation is 1. The van der Waals surface area contributed by atoms with E-state index in [4.69, 9.17) is 0 Å². The van der Waals surface area contributed by atoms with Crippen molar-refractivity contribution in [3.8, 4) is 0 Å². The molecule has 0 aliphatic heterocycles. The van der Waals surface area contributed by atoms with Gasteiger partial charge < -0.3 is 0 Å². The zero-order valence-electron chi connectivity index (χ0n) is 11.1. The molecule has 0 bridgehead atoms. The first-order valence-electron chi connectivity index (χ1n) is 6.47. The van der Waals surface area contributed by atoms with E-state index in [2.05, 4.69) is 12.1 Å². The lowest BCUT2D eigenvalue weighted by Crippen LogP contribution is -2.01. The average molecular weight is 263 g/mol. The van der Waals surface area contributed by atoms with Crippen LogP contribution in [0.4, 0.5) is 0 Å². The van der Waals surface area contributed by atoms with Gasteiger partial charge in [-0.1, -0.05) is 48.5 Å². The van der Waals surface area contributed by atoms with Crippen LogP contribution in [0, 0.1) is 11.8 Å². The van der Waals surface area contributed by atoms with Gasteiger partial charge in [0.25, 0.3) is 5.91 Å². The number of rotatable bonds is 2. The number of carbonyl (C=O) groups is 1. The van der Waals surface area contributed by atoms with E-state index in [1.807, 2.05) is 48.5 Å². The molecule has 0 fully saturated rings. The summed E-state index contributed by atoms with van der Waals surface area (Å²) in [6.07, 6.45) is 0.0464. The summed E-state index contributed by atoms with van der Waals surface area (Å²) >= 11 is 0. The van der Waals surface area contributed by atoms with Crippen molar-refractivity contribution in [2.24, 2.45) is 5.18 Å². The average Bonchev–Trinajstić information content (AvgIpc) is 2.51. The van der Waals surface area contributed by atoms with Crippen molar-refractivity contribution in [3.63, 3.8) is 0 Å². The van der Waals surface area contributed by atoms with Crippen LogP contribution in [0.2, 0.25) is 0 Å². The van der Waals surface area contributed by atoms with E-state index in [-0.39, 0.29) is 6.42 Å². The van der Waals surface area contributed by atoms with Crippen molar-refractivity contribution in [1.82, 2.24) is 0 Å². The van der Waals surface area contributed by atoms with Crippen LogP contribution < -0.4 is 0 Å². The molecule has 0 atom stereocenters. The predicted molar refractivity (Wildman–Crippen MR) is 80.7 cm³/mol. The number of nitrogens with zero attached hydrogens (tertiary/aromatic N) is 1. The minimum absolute atomic E-state index is 0.0464. The van der Waals surface area contributed by atoms with Gasteiger partial charge in [-0.15, -0.1) is 4.91 Å². The standard InChI is InChI=1S/C17H13NO2/c1-11-12-6-2-4-8-14(12)16(10-17(19)18-20)15-9-5-3-7-13(11)15/h2-9H,10H2,1H3. The third kappa shape index (κ3) is 1.88. The largest absolute Gasteiger partial charge is 0.290 e. The van der Waals surface area contributed by atoms with Gasteiger partial charge in [-0.3, -0.25) is 4.79 Å². The molecule has 20 heavy (non-hydrogen) atoms. The Hall–Kier alpha value is -2.55. The van der Waals surface area contributed by atoms with Crippen LogP contribution in [0.1, 0.15) is 11.1 Å². The van der Waals surface area contributed by atoms with Crippen molar-refractivity contribution in [2.75, 3.05) is 0 Å². The fourth-order valence-electron chi connectivity index (χ4n) is 2.81. The Morgan fingerprint density at radius 2 is 1.35 bits per heavy atom. The lowest BCUT2D eigenvalue weighted by Gasteiger charge is -2.13. The molecule has 0 radical (unpaired) electrons. The van der Waals surface area contributed by atoms with Crippen LogP contribution in [0.3, 0.4) is 0 Å². The monoisotopic (exact) mass is 263 g/mol. The molecule has 0 N–H and O–H groups in total. The number of amides is 1. The molecule has 0 heterocycles. The molecule has 3 aromatic rings. The zero-order chi connectivity index (χ0) is 14.1. The van der Waals surface area contributed by atoms with Gasteiger partial charge in [-0.2, -0.15) is 0 Å². The molecule has 3 rings (SSSR count). The Bertz CT molecular complexity index is 780. The molecule has 0 aliphatic rings. The quantitative estimate of drug-likeness (QED) is 0.515. The number of carbonyl (C=O) groups excluding carboxylic acids is 1. The van der Waals surface area contributed by atoms with Crippen LogP contribution in [0.25, 0.3) is 21.5 Å². The maximum Gasteiger partial charge on any atom is 0.290 e. The lowest BCUT2D eigenvalue weighted by molar-refractivity contribution is -0.117. The van der Waals surface area contributed by atoms with Crippen molar-refractivity contribution in [3.05, 3.63) is 64.6 Å². The van der Waals surface area contributed by atoms with Crippen molar-refractivity contribution in [1.29, 1.82) is 0 Å². The highest BCUT2D eigenvalue weighted by Crippen LogP contribution is 2.32. The van der Waals surface area contributed by atoms with E-state index in [1.54, 1.807) is 0 Å². The summed E-state index contributed by atoms with van der Waals surface area (Å²) in [5.74, 6) is -0.635. The van der Waals surface area contributed by atoms with Gasteiger partial charge in [0.2, 0.25) is 0 Å². The molecular formula is C17H13NO2. The third-order valence-corrected chi connectivity index (χ3v) is 3.74. The molecule has 0 aliphatic carbocycles. The Kier molecular flexibility index (Phi) is 3.03. The van der Waals surface area contributed by atoms with E-state index in [9.17, 15) is 9.70 Å². The maximum absolute atomic E-state index is 11.5. The first kappa shape index (κ1) is 12.5. The number of benzene rings is 3. The van der Waals surface area contributed by atoms with Gasteiger partial charge in [-0.05, 0) is 39.6 Å². The van der Waals surface area contributed by atoms with Crippen molar-refractivity contribution >= 4 is 27.5 Å². The Balaban J connectivity index is 2.46. The SMILES string of the molecule is Cc1c2ccccc2c(CC(=O)N=O)c2ccccc12. The molecule has 98 valence electrons. The van der Waals surface area contributed by atoms with E-state index < -0.39 is 5.91 Å². The Morgan fingerprint density at radius 1 is 0.900 bits per heavy atom. The first-order chi connectivity index (χ1) is 9.72. The molecule has 0 unspecified atom stereocenters. The topological polar surface area (TPSA) is 46.5 Å². The van der Waals surface area contributed by atoms with E-state index in [1.165, 1.54) is 5.56 Å². The maximum atomic E-state index is 11.5. The second-order valence-corrected chi connectivity index (χ2v) is 4.86. The fraction of sp³-hybridized carbons (Fsp3) is 0.118. The van der Waals surface area contributed by atoms with E-state index in [0.29, 0.717) is 0 Å². The van der Waals surface area contributed by atoms with E-state index >= 15 is 0 Å². The number of fused-ring (bicyclic) bond motifs is 2. The summed E-state index contributed by atoms with van der Waals surface area (Å²) < 4.78 is 0. The summed E-state index contributed by atoms with van der Waals surface area (Å²) in [7, 11) is 0. The minimum atomic E-state index is -0.635. The molecular weight excluding hydrogens is 250 g/mol. The summed E-state index contributed by atoms with van der Waals surface area (Å²) in [4.78, 5) is 21.9. The van der Waals surface area contributed by atoms with Gasteiger partial charge >= 0.3 is 0 Å². The molecule has 0 saturated heterocycles. The molecule has 1 amide bonds. The number of nitroso groups, excluding NO2 is 1. The van der Waals surface area contributed by atoms with Crippen molar-refractivity contribution in [2.45, 2.75) is 13.3 Å². The molecule has 3 heteroatoms. The number of hydrogen-bond donors (Lipinski definition) is 0. The fourth-order valence-corrected chi connectivity index (χ4v) is 2.81. The highest BCUT2D eigenvalue weighted by atomic mass is 16.3. The second kappa shape index (κ2) is 4.85. The van der Waals surface area contributed by atoms with E-state index in [0.717, 1.165) is 27.1 Å². The lowest BCUT2D eigenvalue weighted by atomic mass is 9.91. The van der Waals surface area contributed by atoms with Crippen LogP contribution >= 0.6 is 0 Å². The number of hydrogen-bond acceptors (Lipinski definition) is 2. The van der Waals surface area contributed by atoms with Crippen LogP contribution in [-0.2, 0) is 11.2 Å². The van der Waals surface area contributed by atoms with Crippen molar-refractivity contribution < 1.29 is 4.79 Å². The molecule has 3 aromatic carbocycles. The molecule has 3 nitrogen and oxygen atoms in total. The van der Waals surface area contributed by atoms with Crippen LogP contribution in [0.15, 0.2) is 53.7 Å². The predicted octanol–water partition coefficient (Wildman–Crippen LogP) is 4.14. The van der Waals surface area contributed by atoms with Gasteiger partial charge in [0.15, 0.2) is 0 Å². The summed E-state index contributed by atoms with van der Waals surface area (Å²) in [5, 5.41) is 6.78. The molecule has 0 saturated carbocycles. The Morgan fingerprint density at radius 3 is 1.80 bits per heavy atom. The summed E-state index contributed by atoms with van der Waals surface area (Å²) in [5.41, 5.74) is 2.07. The highest BCUT2D eigenvalue weighted by molar-refractivity contribution is 6.07. The molecule has 0 spiro atoms. The van der Waals surface area contributed by atoms with Gasteiger partial charge in [-0.25, -0.2) is 0 Å². The Labute approximate surface area is 116 Å². The smallest absolute Gasteiger partial charge is 0.269 e. The zero-order valence-corrected chi connectivity index (χ0v) is 11.1. The van der Waals surface area contributed by atoms with Crippen LogP contribution in [-0.4, -0.2) is 5.91 Å². The summed E-state index contributed by atoms with van der Waals surface area (Å²) in [6.45, 7) is 2.08. The summed E-state index contributed by atoms with van der Waals surface area (Å²) in [6, 6.07) is 15.9. The molecule has 0 aromatic heterocycles. The first-order valence-corrected chi connectivity index (χ1v) is 6.47. The highest BCUT2D eigenvalue weighted by Gasteiger charge is 2.13.